The SMILES string of the molecule is COc1cccc(Oc2ccc(Nc3c(C#N)cnn4cc(N)c(C)c34)cc2)c1. The van der Waals surface area contributed by atoms with Crippen molar-refractivity contribution in [3.05, 3.63) is 72.1 Å². The lowest BCUT2D eigenvalue weighted by atomic mass is 10.1. The van der Waals surface area contributed by atoms with Crippen LogP contribution in [0, 0.1) is 18.3 Å². The maximum absolute atomic E-state index is 9.50. The summed E-state index contributed by atoms with van der Waals surface area (Å²) in [6, 6.07) is 17.1. The summed E-state index contributed by atoms with van der Waals surface area (Å²) in [5.41, 5.74) is 10.2. The van der Waals surface area contributed by atoms with E-state index in [2.05, 4.69) is 16.5 Å². The van der Waals surface area contributed by atoms with Crippen LogP contribution in [0.3, 0.4) is 0 Å². The number of nitrogens with zero attached hydrogens (tertiary/aromatic N) is 3. The van der Waals surface area contributed by atoms with E-state index in [1.165, 1.54) is 6.20 Å². The minimum absolute atomic E-state index is 0.440. The Morgan fingerprint density at radius 1 is 1.10 bits per heavy atom. The zero-order valence-electron chi connectivity index (χ0n) is 16.0. The van der Waals surface area contributed by atoms with Crippen LogP contribution in [-0.2, 0) is 0 Å². The number of anilines is 3. The molecule has 4 rings (SSSR count). The van der Waals surface area contributed by atoms with Gasteiger partial charge in [-0.3, -0.25) is 0 Å². The van der Waals surface area contributed by atoms with Crippen molar-refractivity contribution in [3.63, 3.8) is 0 Å². The van der Waals surface area contributed by atoms with Gasteiger partial charge in [-0.1, -0.05) is 6.07 Å². The molecular weight excluding hydrogens is 366 g/mol. The van der Waals surface area contributed by atoms with Crippen LogP contribution >= 0.6 is 0 Å². The van der Waals surface area contributed by atoms with Gasteiger partial charge >= 0.3 is 0 Å². The van der Waals surface area contributed by atoms with Gasteiger partial charge in [0.25, 0.3) is 0 Å². The second-order valence-electron chi connectivity index (χ2n) is 6.48. The molecule has 4 aromatic rings. The van der Waals surface area contributed by atoms with Gasteiger partial charge < -0.3 is 20.5 Å². The zero-order chi connectivity index (χ0) is 20.4. The summed E-state index contributed by atoms with van der Waals surface area (Å²) in [4.78, 5) is 0. The van der Waals surface area contributed by atoms with Crippen LogP contribution in [-0.4, -0.2) is 16.7 Å². The van der Waals surface area contributed by atoms with Crippen molar-refractivity contribution in [2.45, 2.75) is 6.92 Å². The lowest BCUT2D eigenvalue weighted by molar-refractivity contribution is 0.409. The zero-order valence-corrected chi connectivity index (χ0v) is 16.0. The minimum atomic E-state index is 0.440. The van der Waals surface area contributed by atoms with Crippen molar-refractivity contribution in [2.24, 2.45) is 0 Å². The number of hydrogen-bond donors (Lipinski definition) is 2. The molecule has 0 aliphatic rings. The second-order valence-corrected chi connectivity index (χ2v) is 6.48. The third kappa shape index (κ3) is 3.51. The fraction of sp³-hybridized carbons (Fsp3) is 0.0909. The van der Waals surface area contributed by atoms with Crippen molar-refractivity contribution in [1.82, 2.24) is 9.61 Å². The molecule has 7 nitrogen and oxygen atoms in total. The second kappa shape index (κ2) is 7.44. The monoisotopic (exact) mass is 385 g/mol. The number of aromatic nitrogens is 2. The highest BCUT2D eigenvalue weighted by atomic mass is 16.5. The predicted molar refractivity (Wildman–Crippen MR) is 112 cm³/mol. The molecule has 0 bridgehead atoms. The number of fused-ring (bicyclic) bond motifs is 1. The first-order chi connectivity index (χ1) is 14.1. The van der Waals surface area contributed by atoms with Crippen molar-refractivity contribution in [3.8, 4) is 23.3 Å². The van der Waals surface area contributed by atoms with E-state index in [9.17, 15) is 5.26 Å². The molecule has 0 aliphatic heterocycles. The van der Waals surface area contributed by atoms with Crippen molar-refractivity contribution in [2.75, 3.05) is 18.2 Å². The number of nitriles is 1. The molecule has 0 saturated carbocycles. The summed E-state index contributed by atoms with van der Waals surface area (Å²) >= 11 is 0. The number of ether oxygens (including phenoxy) is 2. The summed E-state index contributed by atoms with van der Waals surface area (Å²) < 4.78 is 12.8. The van der Waals surface area contributed by atoms with E-state index in [4.69, 9.17) is 15.2 Å². The van der Waals surface area contributed by atoms with Gasteiger partial charge in [0, 0.05) is 17.3 Å². The first-order valence-electron chi connectivity index (χ1n) is 8.94. The lowest BCUT2D eigenvalue weighted by Crippen LogP contribution is -2.00. The van der Waals surface area contributed by atoms with Crippen LogP contribution in [0.1, 0.15) is 11.1 Å². The Morgan fingerprint density at radius 2 is 1.86 bits per heavy atom. The Labute approximate surface area is 167 Å². The molecule has 7 heteroatoms. The first kappa shape index (κ1) is 18.2. The van der Waals surface area contributed by atoms with Gasteiger partial charge in [-0.15, -0.1) is 0 Å². The van der Waals surface area contributed by atoms with Crippen LogP contribution in [0.25, 0.3) is 5.52 Å². The summed E-state index contributed by atoms with van der Waals surface area (Å²) in [6.45, 7) is 1.91. The number of rotatable bonds is 5. The Morgan fingerprint density at radius 3 is 2.59 bits per heavy atom. The van der Waals surface area contributed by atoms with Crippen LogP contribution in [0.5, 0.6) is 17.2 Å². The molecule has 0 fully saturated rings. The normalized spacial score (nSPS) is 10.5. The number of benzene rings is 2. The summed E-state index contributed by atoms with van der Waals surface area (Å²) in [5, 5.41) is 17.1. The van der Waals surface area contributed by atoms with E-state index in [-0.39, 0.29) is 0 Å². The fourth-order valence-electron chi connectivity index (χ4n) is 3.07. The average molecular weight is 385 g/mol. The molecule has 144 valence electrons. The van der Waals surface area contributed by atoms with E-state index in [0.717, 1.165) is 22.5 Å². The van der Waals surface area contributed by atoms with Gasteiger partial charge in [0.1, 0.15) is 23.3 Å². The number of nitrogens with one attached hydrogen (secondary N) is 1. The molecule has 0 atom stereocenters. The van der Waals surface area contributed by atoms with E-state index in [1.807, 2.05) is 55.5 Å². The van der Waals surface area contributed by atoms with E-state index >= 15 is 0 Å². The average Bonchev–Trinajstić information content (AvgIpc) is 3.04. The molecule has 2 aromatic heterocycles. The number of aryl methyl sites for hydroxylation is 1. The molecule has 2 heterocycles. The molecular formula is C22H19N5O2. The molecule has 0 aliphatic carbocycles. The van der Waals surface area contributed by atoms with Gasteiger partial charge in [0.2, 0.25) is 0 Å². The highest BCUT2D eigenvalue weighted by Crippen LogP contribution is 2.32. The summed E-state index contributed by atoms with van der Waals surface area (Å²) in [5.74, 6) is 2.10. The number of nitrogens with two attached hydrogens (primary N) is 1. The topological polar surface area (TPSA) is 97.6 Å². The largest absolute Gasteiger partial charge is 0.497 e. The van der Waals surface area contributed by atoms with E-state index in [0.29, 0.717) is 28.4 Å². The highest BCUT2D eigenvalue weighted by molar-refractivity contribution is 5.87. The van der Waals surface area contributed by atoms with E-state index in [1.54, 1.807) is 17.8 Å². The summed E-state index contributed by atoms with van der Waals surface area (Å²) in [6.07, 6.45) is 3.26. The maximum Gasteiger partial charge on any atom is 0.131 e. The summed E-state index contributed by atoms with van der Waals surface area (Å²) in [7, 11) is 1.62. The van der Waals surface area contributed by atoms with Gasteiger partial charge in [-0.2, -0.15) is 10.4 Å². The molecule has 0 spiro atoms. The first-order valence-corrected chi connectivity index (χ1v) is 8.94. The number of hydrogen-bond acceptors (Lipinski definition) is 6. The number of methoxy groups -OCH3 is 1. The smallest absolute Gasteiger partial charge is 0.131 e. The standard InChI is InChI=1S/C22H19N5O2/c1-14-20(24)13-27-22(14)21(15(11-23)12-25-27)26-16-6-8-17(9-7-16)29-19-5-3-4-18(10-19)28-2/h3-10,12-13,26H,24H2,1-2H3. The highest BCUT2D eigenvalue weighted by Gasteiger charge is 2.14. The minimum Gasteiger partial charge on any atom is -0.497 e. The van der Waals surface area contributed by atoms with Gasteiger partial charge in [-0.05, 0) is 43.3 Å². The van der Waals surface area contributed by atoms with Crippen molar-refractivity contribution < 1.29 is 9.47 Å². The van der Waals surface area contributed by atoms with Gasteiger partial charge in [0.15, 0.2) is 0 Å². The van der Waals surface area contributed by atoms with Crippen LogP contribution in [0.2, 0.25) is 0 Å². The Hall–Kier alpha value is -4.18. The lowest BCUT2D eigenvalue weighted by Gasteiger charge is -2.12. The molecule has 29 heavy (non-hydrogen) atoms. The quantitative estimate of drug-likeness (QED) is 0.519. The molecule has 0 radical (unpaired) electrons. The third-order valence-electron chi connectivity index (χ3n) is 4.62. The van der Waals surface area contributed by atoms with Crippen LogP contribution < -0.4 is 20.5 Å². The van der Waals surface area contributed by atoms with Gasteiger partial charge in [-0.25, -0.2) is 4.52 Å². The van der Waals surface area contributed by atoms with Crippen LogP contribution in [0.15, 0.2) is 60.9 Å². The van der Waals surface area contributed by atoms with Gasteiger partial charge in [0.05, 0.1) is 42.0 Å². The fourth-order valence-corrected chi connectivity index (χ4v) is 3.07. The Balaban J connectivity index is 1.62. The molecule has 0 unspecified atom stereocenters. The van der Waals surface area contributed by atoms with Crippen LogP contribution in [0.4, 0.5) is 17.1 Å². The van der Waals surface area contributed by atoms with Crippen molar-refractivity contribution >= 4 is 22.6 Å². The molecule has 0 amide bonds. The maximum atomic E-state index is 9.50. The number of nitrogen functional groups attached to an aromatic ring is 1. The molecule has 2 aromatic carbocycles. The Kier molecular flexibility index (Phi) is 4.67. The van der Waals surface area contributed by atoms with Crippen molar-refractivity contribution in [1.29, 1.82) is 5.26 Å². The predicted octanol–water partition coefficient (Wildman–Crippen LogP) is 4.64. The molecule has 0 saturated heterocycles. The Bertz CT molecular complexity index is 1220. The third-order valence-corrected chi connectivity index (χ3v) is 4.62. The molecule has 3 N–H and O–H groups in total. The van der Waals surface area contributed by atoms with E-state index < -0.39 is 0 Å².